The average molecular weight is 1040 g/mol. The highest BCUT2D eigenvalue weighted by atomic mass is 32.1. The first-order valence-electron chi connectivity index (χ1n) is 23.5. The van der Waals surface area contributed by atoms with E-state index >= 15 is 0 Å². The van der Waals surface area contributed by atoms with Gasteiger partial charge in [-0.1, -0.05) is 42.5 Å². The number of nitrogens with one attached hydrogen (secondary N) is 5. The third-order valence-corrected chi connectivity index (χ3v) is 12.8. The molecule has 0 spiro atoms. The summed E-state index contributed by atoms with van der Waals surface area (Å²) in [6, 6.07) is 11.3. The van der Waals surface area contributed by atoms with Crippen molar-refractivity contribution in [2.24, 2.45) is 0 Å². The monoisotopic (exact) mass is 1040 g/mol. The van der Waals surface area contributed by atoms with Gasteiger partial charge in [0.15, 0.2) is 0 Å². The Labute approximate surface area is 423 Å². The number of aliphatic carboxylic acids is 6. The standard InChI is InChI=1S/C47H63N9O16S/c57-38(26-53-15-17-54(27-40(60)61)19-21-56(29-42(64)65)22-20-55(18-16-53)28-41(62)63)49-25-33-10-12-37(73-33)44(67)50-36(24-30-8-9-31-5-1-2-6-32(31)23-30)43(66)48-14-4-3-7-34(45(68)69)51-47(72)52-35(46(70)71)11-13-39(58)59/h1-2,5-6,8-10,12,23,34-36H,3-4,7,11,13-22,24-29H2,(H,48,66)(H,49,57)(H,50,67)(H,58,59)(H,60,61)(H,62,63)(H,64,65)(H,68,69)(H,70,71)(H2,51,52,72)/t34-,35-,36-/m0/s1. The number of amides is 5. The minimum Gasteiger partial charge on any atom is -0.481 e. The third kappa shape index (κ3) is 22.0. The first-order chi connectivity index (χ1) is 34.7. The van der Waals surface area contributed by atoms with Crippen molar-refractivity contribution in [3.8, 4) is 0 Å². The van der Waals surface area contributed by atoms with E-state index in [1.807, 2.05) is 42.5 Å². The van der Waals surface area contributed by atoms with Crippen LogP contribution in [0.5, 0.6) is 0 Å². The summed E-state index contributed by atoms with van der Waals surface area (Å²) >= 11 is 1.09. The summed E-state index contributed by atoms with van der Waals surface area (Å²) in [6.07, 6.45) is -0.508. The van der Waals surface area contributed by atoms with E-state index in [0.29, 0.717) is 4.88 Å². The summed E-state index contributed by atoms with van der Waals surface area (Å²) in [5.41, 5.74) is 0.749. The molecule has 0 radical (unpaired) electrons. The molecular formula is C47H63N9O16S. The molecule has 0 unspecified atom stereocenters. The molecule has 1 aliphatic rings. The zero-order chi connectivity index (χ0) is 53.5. The summed E-state index contributed by atoms with van der Waals surface area (Å²) in [5, 5.41) is 70.9. The molecule has 1 saturated heterocycles. The van der Waals surface area contributed by atoms with Crippen LogP contribution in [0, 0.1) is 0 Å². The molecule has 2 aromatic carbocycles. The number of carbonyl (C=O) groups is 10. The highest BCUT2D eigenvalue weighted by Crippen LogP contribution is 2.19. The predicted octanol–water partition coefficient (Wildman–Crippen LogP) is -0.309. The Kier molecular flexibility index (Phi) is 23.9. The van der Waals surface area contributed by atoms with Crippen molar-refractivity contribution in [2.75, 3.05) is 85.1 Å². The van der Waals surface area contributed by atoms with Crippen LogP contribution in [0.3, 0.4) is 0 Å². The fraction of sp³-hybridized carbons (Fsp3) is 0.489. The molecule has 26 heteroatoms. The lowest BCUT2D eigenvalue weighted by atomic mass is 10.0. The number of unbranched alkanes of at least 4 members (excludes halogenated alkanes) is 1. The highest BCUT2D eigenvalue weighted by molar-refractivity contribution is 7.14. The maximum absolute atomic E-state index is 13.7. The summed E-state index contributed by atoms with van der Waals surface area (Å²) < 4.78 is 0. The van der Waals surface area contributed by atoms with Gasteiger partial charge in [0.05, 0.1) is 37.6 Å². The largest absolute Gasteiger partial charge is 0.481 e. The Balaban J connectivity index is 1.36. The number of carbonyl (C=O) groups excluding carboxylic acids is 4. The van der Waals surface area contributed by atoms with E-state index < -0.39 is 84.6 Å². The van der Waals surface area contributed by atoms with Gasteiger partial charge in [-0.3, -0.25) is 53.2 Å². The van der Waals surface area contributed by atoms with Crippen molar-refractivity contribution in [3.63, 3.8) is 0 Å². The van der Waals surface area contributed by atoms with Crippen LogP contribution in [0.2, 0.25) is 0 Å². The van der Waals surface area contributed by atoms with Crippen molar-refractivity contribution >= 4 is 81.7 Å². The number of nitrogens with zero attached hydrogens (tertiary/aromatic N) is 4. The molecule has 1 aromatic heterocycles. The van der Waals surface area contributed by atoms with Gasteiger partial charge in [0.1, 0.15) is 18.1 Å². The summed E-state index contributed by atoms with van der Waals surface area (Å²) in [5.74, 6) is -8.86. The van der Waals surface area contributed by atoms with Crippen molar-refractivity contribution in [2.45, 2.75) is 63.2 Å². The van der Waals surface area contributed by atoms with Crippen LogP contribution in [-0.2, 0) is 51.3 Å². The number of thiophene rings is 1. The fourth-order valence-corrected chi connectivity index (χ4v) is 8.66. The second-order valence-corrected chi connectivity index (χ2v) is 18.5. The van der Waals surface area contributed by atoms with Gasteiger partial charge >= 0.3 is 41.8 Å². The van der Waals surface area contributed by atoms with Crippen LogP contribution < -0.4 is 26.6 Å². The number of rotatable bonds is 27. The lowest BCUT2D eigenvalue weighted by Gasteiger charge is -2.32. The Morgan fingerprint density at radius 2 is 1.05 bits per heavy atom. The van der Waals surface area contributed by atoms with Crippen molar-refractivity contribution in [1.82, 2.24) is 46.2 Å². The van der Waals surface area contributed by atoms with Gasteiger partial charge < -0.3 is 57.2 Å². The predicted molar refractivity (Wildman–Crippen MR) is 262 cm³/mol. The van der Waals surface area contributed by atoms with Crippen LogP contribution >= 0.6 is 11.3 Å². The van der Waals surface area contributed by atoms with Gasteiger partial charge in [0, 0.05) is 76.6 Å². The molecule has 73 heavy (non-hydrogen) atoms. The topological polar surface area (TPSA) is 365 Å². The molecule has 4 rings (SSSR count). The normalized spacial score (nSPS) is 15.6. The molecule has 0 bridgehead atoms. The molecule has 5 amide bonds. The minimum atomic E-state index is -1.56. The van der Waals surface area contributed by atoms with Gasteiger partial charge in [0.25, 0.3) is 5.91 Å². The highest BCUT2D eigenvalue weighted by Gasteiger charge is 2.27. The number of benzene rings is 2. The van der Waals surface area contributed by atoms with E-state index in [4.69, 9.17) is 5.11 Å². The van der Waals surface area contributed by atoms with E-state index in [2.05, 4.69) is 26.6 Å². The molecule has 1 aliphatic heterocycles. The van der Waals surface area contributed by atoms with Gasteiger partial charge in [0.2, 0.25) is 11.8 Å². The molecule has 398 valence electrons. The number of urea groups is 1. The van der Waals surface area contributed by atoms with E-state index in [9.17, 15) is 73.5 Å². The summed E-state index contributed by atoms with van der Waals surface area (Å²) in [6.45, 7) is 0.940. The average Bonchev–Trinajstić information content (AvgIpc) is 3.81. The lowest BCUT2D eigenvalue weighted by Crippen LogP contribution is -2.51. The molecule has 1 fully saturated rings. The second kappa shape index (κ2) is 29.9. The SMILES string of the molecule is O=C(O)CC[C@H](NC(=O)N[C@@H](CCCCNC(=O)[C@H](Cc1ccc2ccccc2c1)NC(=O)c1ccc(CNC(=O)CN2CCN(CC(=O)O)CCN(CC(=O)O)CCN(CC(=O)O)CC2)s1)C(=O)O)C(=O)O. The molecule has 11 N–H and O–H groups in total. The maximum atomic E-state index is 13.7. The Hall–Kier alpha value is -7.26. The summed E-state index contributed by atoms with van der Waals surface area (Å²) in [4.78, 5) is 130. The van der Waals surface area contributed by atoms with Crippen LogP contribution in [0.1, 0.15) is 52.2 Å². The fourth-order valence-electron chi connectivity index (χ4n) is 7.81. The molecule has 25 nitrogen and oxygen atoms in total. The number of carboxylic acid groups (broad SMARTS) is 6. The molecular weight excluding hydrogens is 979 g/mol. The van der Waals surface area contributed by atoms with Gasteiger partial charge in [-0.25, -0.2) is 14.4 Å². The maximum Gasteiger partial charge on any atom is 0.326 e. The second-order valence-electron chi connectivity index (χ2n) is 17.4. The molecule has 0 saturated carbocycles. The zero-order valence-corrected chi connectivity index (χ0v) is 40.8. The van der Waals surface area contributed by atoms with Crippen LogP contribution in [-0.4, -0.2) is 213 Å². The van der Waals surface area contributed by atoms with Crippen molar-refractivity contribution in [3.05, 3.63) is 69.9 Å². The number of fused-ring (bicyclic) bond motifs is 1. The Morgan fingerprint density at radius 3 is 1.58 bits per heavy atom. The molecule has 3 atom stereocenters. The van der Waals surface area contributed by atoms with E-state index in [-0.39, 0.29) is 128 Å². The van der Waals surface area contributed by atoms with Gasteiger partial charge in [-0.05, 0) is 54.2 Å². The Bertz CT molecular complexity index is 2390. The smallest absolute Gasteiger partial charge is 0.326 e. The Morgan fingerprint density at radius 1 is 0.534 bits per heavy atom. The van der Waals surface area contributed by atoms with E-state index in [1.54, 1.807) is 31.7 Å². The quantitative estimate of drug-likeness (QED) is 0.0436. The van der Waals surface area contributed by atoms with Crippen LogP contribution in [0.25, 0.3) is 10.8 Å². The molecule has 0 aliphatic carbocycles. The van der Waals surface area contributed by atoms with Crippen molar-refractivity contribution < 1.29 is 78.6 Å². The van der Waals surface area contributed by atoms with Gasteiger partial charge in [-0.2, -0.15) is 0 Å². The van der Waals surface area contributed by atoms with Crippen molar-refractivity contribution in [1.29, 1.82) is 0 Å². The van der Waals surface area contributed by atoms with Gasteiger partial charge in [-0.15, -0.1) is 11.3 Å². The van der Waals surface area contributed by atoms with Crippen LogP contribution in [0.15, 0.2) is 54.6 Å². The van der Waals surface area contributed by atoms with Crippen LogP contribution in [0.4, 0.5) is 4.79 Å². The van der Waals surface area contributed by atoms with E-state index in [0.717, 1.165) is 27.7 Å². The molecule has 2 heterocycles. The molecule has 3 aromatic rings. The number of hydrogen-bond donors (Lipinski definition) is 11. The minimum absolute atomic E-state index is 0.0416. The third-order valence-electron chi connectivity index (χ3n) is 11.7. The number of hydrogen-bond acceptors (Lipinski definition) is 15. The number of carboxylic acids is 6. The zero-order valence-electron chi connectivity index (χ0n) is 40.0. The lowest BCUT2D eigenvalue weighted by molar-refractivity contribution is -0.141. The summed E-state index contributed by atoms with van der Waals surface area (Å²) in [7, 11) is 0. The first kappa shape index (κ1) is 58.3. The first-order valence-corrected chi connectivity index (χ1v) is 24.3. The van der Waals surface area contributed by atoms with E-state index in [1.165, 1.54) is 0 Å².